The fourth-order valence-corrected chi connectivity index (χ4v) is 2.47. The number of nitrogens with zero attached hydrogens (tertiary/aromatic N) is 1. The van der Waals surface area contributed by atoms with Crippen LogP contribution in [0.25, 0.3) is 0 Å². The second-order valence-corrected chi connectivity index (χ2v) is 5.08. The first-order valence-corrected chi connectivity index (χ1v) is 6.79. The number of nitro groups is 1. The molecule has 1 aromatic rings. The lowest BCUT2D eigenvalue weighted by Gasteiger charge is -2.27. The highest BCUT2D eigenvalue weighted by molar-refractivity contribution is 5.91. The summed E-state index contributed by atoms with van der Waals surface area (Å²) in [6.07, 6.45) is 3.20. The Morgan fingerprint density at radius 2 is 2.10 bits per heavy atom. The fourth-order valence-electron chi connectivity index (χ4n) is 2.47. The molecule has 2 unspecified atom stereocenters. The molecule has 2 atom stereocenters. The van der Waals surface area contributed by atoms with Gasteiger partial charge < -0.3 is 15.2 Å². The number of carbonyl (C=O) groups is 1. The first kappa shape index (κ1) is 15.2. The molecule has 0 spiro atoms. The number of hydrogen-bond donors (Lipinski definition) is 1. The smallest absolute Gasteiger partial charge is 0.338 e. The van der Waals surface area contributed by atoms with Gasteiger partial charge in [0.2, 0.25) is 0 Å². The minimum Gasteiger partial charge on any atom is -0.459 e. The summed E-state index contributed by atoms with van der Waals surface area (Å²) in [5.41, 5.74) is 5.37. The summed E-state index contributed by atoms with van der Waals surface area (Å²) in [5, 5.41) is 10.8. The topological polar surface area (TPSA) is 105 Å². The summed E-state index contributed by atoms with van der Waals surface area (Å²) in [5.74, 6) is -0.570. The number of hydrogen-bond acceptors (Lipinski definition) is 6. The van der Waals surface area contributed by atoms with Crippen LogP contribution in [-0.2, 0) is 9.47 Å². The van der Waals surface area contributed by atoms with Crippen LogP contribution in [0.2, 0.25) is 0 Å². The van der Waals surface area contributed by atoms with E-state index in [0.717, 1.165) is 25.3 Å². The van der Waals surface area contributed by atoms with Crippen LogP contribution in [0.1, 0.15) is 36.0 Å². The second-order valence-electron chi connectivity index (χ2n) is 5.08. The van der Waals surface area contributed by atoms with Crippen LogP contribution in [0.15, 0.2) is 18.2 Å². The molecule has 1 aliphatic carbocycles. The minimum absolute atomic E-state index is 0.0219. The van der Waals surface area contributed by atoms with Crippen LogP contribution in [0.3, 0.4) is 0 Å². The van der Waals surface area contributed by atoms with Crippen molar-refractivity contribution in [1.29, 1.82) is 0 Å². The molecule has 0 radical (unpaired) electrons. The number of anilines is 1. The van der Waals surface area contributed by atoms with Crippen LogP contribution in [0, 0.1) is 10.1 Å². The zero-order valence-corrected chi connectivity index (χ0v) is 11.8. The summed E-state index contributed by atoms with van der Waals surface area (Å²) >= 11 is 0. The Bertz CT molecular complexity index is 546. The monoisotopic (exact) mass is 294 g/mol. The van der Waals surface area contributed by atoms with E-state index in [-0.39, 0.29) is 29.1 Å². The molecule has 7 heteroatoms. The van der Waals surface area contributed by atoms with E-state index in [0.29, 0.717) is 6.42 Å². The highest BCUT2D eigenvalue weighted by Crippen LogP contribution is 2.26. The Labute approximate surface area is 122 Å². The zero-order chi connectivity index (χ0) is 15.4. The first-order valence-electron chi connectivity index (χ1n) is 6.79. The molecule has 0 aliphatic heterocycles. The summed E-state index contributed by atoms with van der Waals surface area (Å²) in [4.78, 5) is 22.3. The highest BCUT2D eigenvalue weighted by atomic mass is 16.6. The minimum atomic E-state index is -0.617. The van der Waals surface area contributed by atoms with Gasteiger partial charge >= 0.3 is 5.97 Å². The molecule has 21 heavy (non-hydrogen) atoms. The standard InChI is InChI=1S/C14H18N2O5/c1-20-10-3-2-4-11(8-10)21-14(17)9-5-6-12(15)13(7-9)16(18)19/h5-7,10-11H,2-4,8,15H2,1H3. The van der Waals surface area contributed by atoms with E-state index >= 15 is 0 Å². The maximum Gasteiger partial charge on any atom is 0.338 e. The molecule has 0 amide bonds. The van der Waals surface area contributed by atoms with Crippen molar-refractivity contribution < 1.29 is 19.2 Å². The largest absolute Gasteiger partial charge is 0.459 e. The summed E-state index contributed by atoms with van der Waals surface area (Å²) in [6, 6.07) is 3.92. The third-order valence-electron chi connectivity index (χ3n) is 3.65. The molecular weight excluding hydrogens is 276 g/mol. The number of nitrogen functional groups attached to an aromatic ring is 1. The van der Waals surface area contributed by atoms with Gasteiger partial charge in [-0.2, -0.15) is 0 Å². The molecule has 1 aromatic carbocycles. The number of rotatable bonds is 4. The van der Waals surface area contributed by atoms with Crippen molar-refractivity contribution in [2.45, 2.75) is 37.9 Å². The molecular formula is C14H18N2O5. The van der Waals surface area contributed by atoms with E-state index in [4.69, 9.17) is 15.2 Å². The maximum atomic E-state index is 12.1. The number of ether oxygens (including phenoxy) is 2. The lowest BCUT2D eigenvalue weighted by atomic mass is 9.95. The van der Waals surface area contributed by atoms with Crippen molar-refractivity contribution in [3.63, 3.8) is 0 Å². The number of nitro benzene ring substituents is 1. The van der Waals surface area contributed by atoms with Crippen molar-refractivity contribution in [2.24, 2.45) is 0 Å². The number of methoxy groups -OCH3 is 1. The van der Waals surface area contributed by atoms with E-state index < -0.39 is 10.9 Å². The third kappa shape index (κ3) is 3.69. The van der Waals surface area contributed by atoms with Crippen molar-refractivity contribution in [3.8, 4) is 0 Å². The summed E-state index contributed by atoms with van der Waals surface area (Å²) < 4.78 is 10.7. The molecule has 1 fully saturated rings. The highest BCUT2D eigenvalue weighted by Gasteiger charge is 2.26. The Morgan fingerprint density at radius 1 is 1.38 bits per heavy atom. The average molecular weight is 294 g/mol. The van der Waals surface area contributed by atoms with Crippen LogP contribution >= 0.6 is 0 Å². The third-order valence-corrected chi connectivity index (χ3v) is 3.65. The van der Waals surface area contributed by atoms with E-state index in [1.807, 2.05) is 0 Å². The lowest BCUT2D eigenvalue weighted by molar-refractivity contribution is -0.383. The SMILES string of the molecule is COC1CCCC(OC(=O)c2ccc(N)c([N+](=O)[O-])c2)C1. The molecule has 0 aromatic heterocycles. The van der Waals surface area contributed by atoms with E-state index in [1.165, 1.54) is 12.1 Å². The van der Waals surface area contributed by atoms with Crippen LogP contribution in [0.4, 0.5) is 11.4 Å². The number of esters is 1. The molecule has 1 aliphatic rings. The van der Waals surface area contributed by atoms with Gasteiger partial charge in [0.1, 0.15) is 11.8 Å². The van der Waals surface area contributed by atoms with Gasteiger partial charge in [-0.1, -0.05) is 0 Å². The van der Waals surface area contributed by atoms with Gasteiger partial charge in [-0.15, -0.1) is 0 Å². The molecule has 2 N–H and O–H groups in total. The zero-order valence-electron chi connectivity index (χ0n) is 11.8. The van der Waals surface area contributed by atoms with Gasteiger partial charge in [-0.3, -0.25) is 10.1 Å². The van der Waals surface area contributed by atoms with E-state index in [9.17, 15) is 14.9 Å². The normalized spacial score (nSPS) is 21.8. The Hall–Kier alpha value is -2.15. The quantitative estimate of drug-likeness (QED) is 0.395. The Balaban J connectivity index is 2.06. The van der Waals surface area contributed by atoms with Gasteiger partial charge in [0.05, 0.1) is 16.6 Å². The van der Waals surface area contributed by atoms with Gasteiger partial charge in [0, 0.05) is 19.6 Å². The number of benzene rings is 1. The summed E-state index contributed by atoms with van der Waals surface area (Å²) in [6.45, 7) is 0. The fraction of sp³-hybridized carbons (Fsp3) is 0.500. The predicted octanol–water partition coefficient (Wildman–Crippen LogP) is 2.29. The van der Waals surface area contributed by atoms with Gasteiger partial charge in [-0.25, -0.2) is 4.79 Å². The van der Waals surface area contributed by atoms with E-state index in [1.54, 1.807) is 7.11 Å². The van der Waals surface area contributed by atoms with Gasteiger partial charge in [0.25, 0.3) is 5.69 Å². The Kier molecular flexibility index (Phi) is 4.74. The van der Waals surface area contributed by atoms with Gasteiger partial charge in [0.15, 0.2) is 0 Å². The summed E-state index contributed by atoms with van der Waals surface area (Å²) in [7, 11) is 1.64. The maximum absolute atomic E-state index is 12.1. The predicted molar refractivity (Wildman–Crippen MR) is 76.0 cm³/mol. The van der Waals surface area contributed by atoms with Crippen LogP contribution in [-0.4, -0.2) is 30.2 Å². The molecule has 7 nitrogen and oxygen atoms in total. The van der Waals surface area contributed by atoms with E-state index in [2.05, 4.69) is 0 Å². The number of nitrogens with two attached hydrogens (primary N) is 1. The first-order chi connectivity index (χ1) is 10.0. The molecule has 0 bridgehead atoms. The average Bonchev–Trinajstić information content (AvgIpc) is 2.47. The molecule has 2 rings (SSSR count). The molecule has 0 heterocycles. The second kappa shape index (κ2) is 6.53. The van der Waals surface area contributed by atoms with Crippen molar-refractivity contribution in [1.82, 2.24) is 0 Å². The molecule has 0 saturated heterocycles. The van der Waals surface area contributed by atoms with Crippen molar-refractivity contribution in [2.75, 3.05) is 12.8 Å². The van der Waals surface area contributed by atoms with Gasteiger partial charge in [-0.05, 0) is 31.4 Å². The molecule has 1 saturated carbocycles. The molecule has 114 valence electrons. The van der Waals surface area contributed by atoms with Crippen molar-refractivity contribution in [3.05, 3.63) is 33.9 Å². The number of carbonyl (C=O) groups excluding carboxylic acids is 1. The van der Waals surface area contributed by atoms with Crippen LogP contribution < -0.4 is 5.73 Å². The van der Waals surface area contributed by atoms with Crippen LogP contribution in [0.5, 0.6) is 0 Å². The van der Waals surface area contributed by atoms with Crippen molar-refractivity contribution >= 4 is 17.3 Å². The lowest BCUT2D eigenvalue weighted by Crippen LogP contribution is -2.29. The Morgan fingerprint density at radius 3 is 2.76 bits per heavy atom.